The highest BCUT2D eigenvalue weighted by Crippen LogP contribution is 2.19. The number of rotatable bonds is 13. The molecule has 1 atom stereocenters. The minimum atomic E-state index is 0. The number of hydrogen-bond acceptors (Lipinski definition) is 0. The van der Waals surface area contributed by atoms with Crippen LogP contribution in [0.5, 0.6) is 0 Å². The van der Waals surface area contributed by atoms with Gasteiger partial charge in [0.15, 0.2) is 0 Å². The van der Waals surface area contributed by atoms with Crippen molar-refractivity contribution < 1.29 is 16.9 Å². The van der Waals surface area contributed by atoms with E-state index in [9.17, 15) is 0 Å². The van der Waals surface area contributed by atoms with Gasteiger partial charge >= 0.3 is 0 Å². The van der Waals surface area contributed by atoms with Crippen LogP contribution in [0.1, 0.15) is 76.7 Å². The molecule has 1 unspecified atom stereocenters. The first-order chi connectivity index (χ1) is 11.0. The molecule has 0 amide bonds. The maximum atomic E-state index is 2.35. The Balaban J connectivity index is 0.00000529. The molecule has 1 nitrogen and oxygen atoms in total. The largest absolute Gasteiger partial charge is 1.00 e. The summed E-state index contributed by atoms with van der Waals surface area (Å²) in [6, 6.07) is 11.7. The molecule has 0 heterocycles. The van der Waals surface area contributed by atoms with E-state index in [0.717, 1.165) is 10.5 Å². The fourth-order valence-electron chi connectivity index (χ4n) is 3.34. The number of nitrogens with zero attached hydrogens (tertiary/aromatic N) is 1. The predicted molar refractivity (Wildman–Crippen MR) is 104 cm³/mol. The van der Waals surface area contributed by atoms with Crippen LogP contribution in [0, 0.1) is 0 Å². The van der Waals surface area contributed by atoms with E-state index in [2.05, 4.69) is 58.4 Å². The van der Waals surface area contributed by atoms with Gasteiger partial charge in [0.2, 0.25) is 0 Å². The number of likely N-dealkylation sites (N-methyl/N-ethyl adjacent to an activating group) is 1. The number of hydrogen-bond donors (Lipinski definition) is 0. The zero-order valence-corrected chi connectivity index (χ0v) is 17.3. The van der Waals surface area contributed by atoms with E-state index in [1.54, 1.807) is 0 Å². The van der Waals surface area contributed by atoms with Gasteiger partial charge in [-0.3, -0.25) is 0 Å². The van der Waals surface area contributed by atoms with Gasteiger partial charge < -0.3 is 16.9 Å². The molecule has 0 aliphatic rings. The van der Waals surface area contributed by atoms with Gasteiger partial charge in [-0.1, -0.05) is 88.6 Å². The molecule has 0 radical (unpaired) electrons. The number of halogens is 1. The third kappa shape index (κ3) is 11.1. The van der Waals surface area contributed by atoms with E-state index in [-0.39, 0.29) is 12.4 Å². The second-order valence-corrected chi connectivity index (χ2v) is 8.08. The van der Waals surface area contributed by atoms with E-state index >= 15 is 0 Å². The van der Waals surface area contributed by atoms with Crippen LogP contribution in [0.25, 0.3) is 0 Å². The Labute approximate surface area is 157 Å². The lowest BCUT2D eigenvalue weighted by Gasteiger charge is -2.34. The summed E-state index contributed by atoms with van der Waals surface area (Å²) in [5.41, 5.74) is 1.49. The third-order valence-corrected chi connectivity index (χ3v) is 5.05. The molecule has 1 rings (SSSR count). The first-order valence-electron chi connectivity index (χ1n) is 9.89. The van der Waals surface area contributed by atoms with E-state index in [1.165, 1.54) is 76.2 Å². The summed E-state index contributed by atoms with van der Waals surface area (Å²) in [7, 11) is 7.05. The minimum Gasteiger partial charge on any atom is -1.00 e. The van der Waals surface area contributed by atoms with Crippen LogP contribution in [-0.2, 0) is 6.42 Å². The molecule has 0 aliphatic carbocycles. The normalized spacial score (nSPS) is 12.7. The van der Waals surface area contributed by atoms with Crippen molar-refractivity contribution in [3.8, 4) is 0 Å². The molecule has 2 heteroatoms. The fourth-order valence-corrected chi connectivity index (χ4v) is 3.34. The van der Waals surface area contributed by atoms with Crippen molar-refractivity contribution >= 4 is 0 Å². The second kappa shape index (κ2) is 13.7. The van der Waals surface area contributed by atoms with Crippen LogP contribution in [0.2, 0.25) is 0 Å². The van der Waals surface area contributed by atoms with Crippen molar-refractivity contribution in [1.82, 2.24) is 0 Å². The van der Waals surface area contributed by atoms with Gasteiger partial charge in [0, 0.05) is 6.42 Å². The Morgan fingerprint density at radius 3 is 1.75 bits per heavy atom. The van der Waals surface area contributed by atoms with Gasteiger partial charge in [-0.2, -0.15) is 0 Å². The molecule has 0 bridgehead atoms. The van der Waals surface area contributed by atoms with Crippen LogP contribution in [-0.4, -0.2) is 31.7 Å². The molecule has 0 N–H and O–H groups in total. The molecule has 0 aromatic heterocycles. The summed E-state index contributed by atoms with van der Waals surface area (Å²) in [5, 5.41) is 0. The monoisotopic (exact) mass is 353 g/mol. The molecule has 140 valence electrons. The lowest BCUT2D eigenvalue weighted by Crippen LogP contribution is -3.00. The number of quaternary nitrogens is 1. The highest BCUT2D eigenvalue weighted by Gasteiger charge is 2.23. The molecule has 1 aromatic carbocycles. The summed E-state index contributed by atoms with van der Waals surface area (Å²) in [6.45, 7) is 2.29. The molecule has 0 spiro atoms. The van der Waals surface area contributed by atoms with Gasteiger partial charge in [0.1, 0.15) is 0 Å². The van der Waals surface area contributed by atoms with Gasteiger partial charge in [-0.25, -0.2) is 0 Å². The topological polar surface area (TPSA) is 0 Å². The van der Waals surface area contributed by atoms with E-state index in [4.69, 9.17) is 0 Å². The smallest absolute Gasteiger partial charge is 0.0925 e. The average Bonchev–Trinajstić information content (AvgIpc) is 2.52. The molecule has 1 aromatic rings. The van der Waals surface area contributed by atoms with Crippen molar-refractivity contribution in [2.45, 2.75) is 83.6 Å². The SMILES string of the molecule is CCCCCCCCCCCC(Cc1ccccc1)[N+](C)(C)C.[Cl-]. The summed E-state index contributed by atoms with van der Waals surface area (Å²) in [5.74, 6) is 0. The number of unbranched alkanes of at least 4 members (excludes halogenated alkanes) is 8. The number of benzene rings is 1. The van der Waals surface area contributed by atoms with Crippen LogP contribution in [0.15, 0.2) is 30.3 Å². The Kier molecular flexibility index (Phi) is 13.4. The average molecular weight is 354 g/mol. The Hall–Kier alpha value is -0.530. The van der Waals surface area contributed by atoms with E-state index in [1.807, 2.05) is 0 Å². The molecule has 0 fully saturated rings. The quantitative estimate of drug-likeness (QED) is 0.377. The molecule has 0 aliphatic heterocycles. The Bertz CT molecular complexity index is 383. The van der Waals surface area contributed by atoms with Crippen molar-refractivity contribution in [2.75, 3.05) is 21.1 Å². The van der Waals surface area contributed by atoms with Gasteiger partial charge in [-0.15, -0.1) is 0 Å². The van der Waals surface area contributed by atoms with Crippen molar-refractivity contribution in [3.63, 3.8) is 0 Å². The first kappa shape index (κ1) is 23.5. The predicted octanol–water partition coefficient (Wildman–Crippen LogP) is 3.23. The zero-order valence-electron chi connectivity index (χ0n) is 16.6. The van der Waals surface area contributed by atoms with Crippen molar-refractivity contribution in [2.24, 2.45) is 0 Å². The maximum absolute atomic E-state index is 2.35. The van der Waals surface area contributed by atoms with E-state index < -0.39 is 0 Å². The van der Waals surface area contributed by atoms with Crippen LogP contribution < -0.4 is 12.4 Å². The molecule has 0 saturated carbocycles. The molecular formula is C22H40ClN. The van der Waals surface area contributed by atoms with E-state index in [0.29, 0.717) is 0 Å². The maximum Gasteiger partial charge on any atom is 0.0925 e. The van der Waals surface area contributed by atoms with Crippen LogP contribution in [0.4, 0.5) is 0 Å². The highest BCUT2D eigenvalue weighted by molar-refractivity contribution is 5.15. The van der Waals surface area contributed by atoms with Crippen LogP contribution >= 0.6 is 0 Å². The summed E-state index contributed by atoms with van der Waals surface area (Å²) < 4.78 is 1.08. The molecule has 24 heavy (non-hydrogen) atoms. The summed E-state index contributed by atoms with van der Waals surface area (Å²) in [4.78, 5) is 0. The molecular weight excluding hydrogens is 314 g/mol. The highest BCUT2D eigenvalue weighted by atomic mass is 35.5. The summed E-state index contributed by atoms with van der Waals surface area (Å²) >= 11 is 0. The molecule has 0 saturated heterocycles. The Morgan fingerprint density at radius 1 is 0.750 bits per heavy atom. The van der Waals surface area contributed by atoms with Crippen molar-refractivity contribution in [3.05, 3.63) is 35.9 Å². The lowest BCUT2D eigenvalue weighted by molar-refractivity contribution is -0.896. The first-order valence-corrected chi connectivity index (χ1v) is 9.89. The standard InChI is InChI=1S/C22H40N.ClH/c1-5-6-7-8-9-10-11-12-16-19-22(23(2,3)4)20-21-17-14-13-15-18-21;/h13-15,17-18,22H,5-12,16,19-20H2,1-4H3;1H/q+1;/p-1. The van der Waals surface area contributed by atoms with Gasteiger partial charge in [-0.05, 0) is 18.4 Å². The second-order valence-electron chi connectivity index (χ2n) is 8.08. The third-order valence-electron chi connectivity index (χ3n) is 5.05. The zero-order chi connectivity index (χ0) is 17.0. The fraction of sp³-hybridized carbons (Fsp3) is 0.727. The Morgan fingerprint density at radius 2 is 1.25 bits per heavy atom. The van der Waals surface area contributed by atoms with Gasteiger partial charge in [0.25, 0.3) is 0 Å². The van der Waals surface area contributed by atoms with Gasteiger partial charge in [0.05, 0.1) is 27.2 Å². The van der Waals surface area contributed by atoms with Crippen molar-refractivity contribution in [1.29, 1.82) is 0 Å². The minimum absolute atomic E-state index is 0. The van der Waals surface area contributed by atoms with Crippen LogP contribution in [0.3, 0.4) is 0 Å². The summed E-state index contributed by atoms with van der Waals surface area (Å²) in [6.07, 6.45) is 15.4. The lowest BCUT2D eigenvalue weighted by atomic mass is 9.97.